The fraction of sp³-hybridized carbons (Fsp3) is 0.200. The lowest BCUT2D eigenvalue weighted by Gasteiger charge is -2.05. The average Bonchev–Trinajstić information content (AvgIpc) is 2.03. The third-order valence-electron chi connectivity index (χ3n) is 1.69. The lowest BCUT2D eigenvalue weighted by Crippen LogP contribution is -1.90. The fourth-order valence-electron chi connectivity index (χ4n) is 0.993. The van der Waals surface area contributed by atoms with Crippen molar-refractivity contribution in [1.29, 1.82) is 0 Å². The predicted molar refractivity (Wildman–Crippen MR) is 58.9 cm³/mol. The number of alkyl halides is 1. The minimum absolute atomic E-state index is 0.144. The first-order valence-electron chi connectivity index (χ1n) is 3.71. The van der Waals surface area contributed by atoms with E-state index in [9.17, 15) is 4.39 Å². The average molecular weight is 276 g/mol. The summed E-state index contributed by atoms with van der Waals surface area (Å²) in [5, 5.41) is 0. The molecule has 0 aromatic heterocycles. The van der Waals surface area contributed by atoms with Crippen molar-refractivity contribution in [3.8, 4) is 0 Å². The van der Waals surface area contributed by atoms with Crippen LogP contribution in [0.25, 0.3) is 6.08 Å². The summed E-state index contributed by atoms with van der Waals surface area (Å²) in [7, 11) is 0. The maximum Gasteiger partial charge on any atom is 0.128 e. The van der Waals surface area contributed by atoms with E-state index in [-0.39, 0.29) is 9.74 Å². The van der Waals surface area contributed by atoms with Crippen molar-refractivity contribution in [3.05, 3.63) is 41.7 Å². The molecule has 0 aliphatic heterocycles. The monoisotopic (exact) mass is 276 g/mol. The molecule has 0 radical (unpaired) electrons. The summed E-state index contributed by atoms with van der Waals surface area (Å²) in [5.74, 6) is -0.144. The molecule has 1 unspecified atom stereocenters. The summed E-state index contributed by atoms with van der Waals surface area (Å²) < 4.78 is 13.4. The lowest BCUT2D eigenvalue weighted by atomic mass is 10.1. The van der Waals surface area contributed by atoms with Crippen LogP contribution in [0.5, 0.6) is 0 Å². The van der Waals surface area contributed by atoms with Crippen LogP contribution in [0.1, 0.15) is 22.0 Å². The maximum absolute atomic E-state index is 13.2. The summed E-state index contributed by atoms with van der Waals surface area (Å²) in [6, 6.07) is 5.20. The molecule has 0 N–H and O–H groups in total. The van der Waals surface area contributed by atoms with Crippen LogP contribution in [0, 0.1) is 5.82 Å². The van der Waals surface area contributed by atoms with E-state index in [2.05, 4.69) is 29.2 Å². The highest BCUT2D eigenvalue weighted by Crippen LogP contribution is 2.25. The van der Waals surface area contributed by atoms with Gasteiger partial charge in [0.25, 0.3) is 0 Å². The van der Waals surface area contributed by atoms with Crippen LogP contribution in [-0.4, -0.2) is 0 Å². The molecule has 2 heteroatoms. The number of rotatable bonds is 2. The lowest BCUT2D eigenvalue weighted by molar-refractivity contribution is 0.612. The standard InChI is InChI=1S/C10H10FI/c1-3-8-4-5-9(7(2)12)10(11)6-8/h3-7H,1H2,2H3. The van der Waals surface area contributed by atoms with Gasteiger partial charge in [-0.2, -0.15) is 0 Å². The van der Waals surface area contributed by atoms with Crippen LogP contribution < -0.4 is 0 Å². The van der Waals surface area contributed by atoms with Gasteiger partial charge in [-0.3, -0.25) is 0 Å². The molecule has 0 nitrogen and oxygen atoms in total. The Morgan fingerprint density at radius 2 is 2.25 bits per heavy atom. The van der Waals surface area contributed by atoms with E-state index in [0.29, 0.717) is 0 Å². The van der Waals surface area contributed by atoms with Gasteiger partial charge in [0, 0.05) is 9.49 Å². The zero-order chi connectivity index (χ0) is 9.14. The molecule has 1 atom stereocenters. The van der Waals surface area contributed by atoms with Gasteiger partial charge in [-0.15, -0.1) is 0 Å². The largest absolute Gasteiger partial charge is 0.207 e. The Morgan fingerprint density at radius 3 is 2.67 bits per heavy atom. The highest BCUT2D eigenvalue weighted by atomic mass is 127. The van der Waals surface area contributed by atoms with Gasteiger partial charge in [0.05, 0.1) is 0 Å². The first-order chi connectivity index (χ1) is 5.65. The third-order valence-corrected chi connectivity index (χ3v) is 2.36. The molecule has 0 saturated carbocycles. The van der Waals surface area contributed by atoms with Crippen LogP contribution >= 0.6 is 22.6 Å². The van der Waals surface area contributed by atoms with Gasteiger partial charge in [-0.25, -0.2) is 4.39 Å². The second-order valence-electron chi connectivity index (χ2n) is 2.60. The topological polar surface area (TPSA) is 0 Å². The molecule has 0 aliphatic carbocycles. The molecule has 1 aromatic carbocycles. The summed E-state index contributed by atoms with van der Waals surface area (Å²) in [5.41, 5.74) is 1.58. The Hall–Kier alpha value is -0.380. The van der Waals surface area contributed by atoms with E-state index in [1.54, 1.807) is 6.08 Å². The van der Waals surface area contributed by atoms with Crippen LogP contribution in [0.3, 0.4) is 0 Å². The number of hydrogen-bond acceptors (Lipinski definition) is 0. The van der Waals surface area contributed by atoms with Gasteiger partial charge < -0.3 is 0 Å². The van der Waals surface area contributed by atoms with Crippen LogP contribution in [0.2, 0.25) is 0 Å². The van der Waals surface area contributed by atoms with Crippen LogP contribution in [0.15, 0.2) is 24.8 Å². The first kappa shape index (κ1) is 9.71. The SMILES string of the molecule is C=Cc1ccc(C(C)I)c(F)c1. The molecule has 0 heterocycles. The van der Waals surface area contributed by atoms with Gasteiger partial charge in [0.15, 0.2) is 0 Å². The van der Waals surface area contributed by atoms with E-state index in [4.69, 9.17) is 0 Å². The summed E-state index contributed by atoms with van der Waals surface area (Å²) >= 11 is 2.19. The normalized spacial score (nSPS) is 12.6. The van der Waals surface area contributed by atoms with Gasteiger partial charge >= 0.3 is 0 Å². The number of halogens is 2. The van der Waals surface area contributed by atoms with Gasteiger partial charge in [-0.1, -0.05) is 47.4 Å². The van der Waals surface area contributed by atoms with E-state index < -0.39 is 0 Å². The molecule has 0 bridgehead atoms. The molecule has 1 aromatic rings. The minimum atomic E-state index is -0.144. The molecule has 0 saturated heterocycles. The molecule has 64 valence electrons. The minimum Gasteiger partial charge on any atom is -0.207 e. The molecule has 1 rings (SSSR count). The summed E-state index contributed by atoms with van der Waals surface area (Å²) in [4.78, 5) is 0. The highest BCUT2D eigenvalue weighted by Gasteiger charge is 2.06. The quantitative estimate of drug-likeness (QED) is 0.566. The van der Waals surface area contributed by atoms with Crippen molar-refractivity contribution in [2.75, 3.05) is 0 Å². The Morgan fingerprint density at radius 1 is 1.58 bits per heavy atom. The van der Waals surface area contributed by atoms with Crippen molar-refractivity contribution in [1.82, 2.24) is 0 Å². The molecule has 12 heavy (non-hydrogen) atoms. The molecular weight excluding hydrogens is 266 g/mol. The van der Waals surface area contributed by atoms with E-state index in [1.807, 2.05) is 19.1 Å². The van der Waals surface area contributed by atoms with Crippen molar-refractivity contribution in [3.63, 3.8) is 0 Å². The zero-order valence-corrected chi connectivity index (χ0v) is 9.01. The zero-order valence-electron chi connectivity index (χ0n) is 6.85. The molecular formula is C10H10FI. The Kier molecular flexibility index (Phi) is 3.26. The first-order valence-corrected chi connectivity index (χ1v) is 4.95. The summed E-state index contributed by atoms with van der Waals surface area (Å²) in [6.07, 6.45) is 1.64. The Bertz CT molecular complexity index is 292. The van der Waals surface area contributed by atoms with E-state index in [1.165, 1.54) is 6.07 Å². The van der Waals surface area contributed by atoms with Crippen LogP contribution in [-0.2, 0) is 0 Å². The van der Waals surface area contributed by atoms with Gasteiger partial charge in [0.2, 0.25) is 0 Å². The van der Waals surface area contributed by atoms with Crippen molar-refractivity contribution < 1.29 is 4.39 Å². The second-order valence-corrected chi connectivity index (χ2v) is 4.47. The molecule has 0 amide bonds. The van der Waals surface area contributed by atoms with Crippen molar-refractivity contribution in [2.24, 2.45) is 0 Å². The fourth-order valence-corrected chi connectivity index (χ4v) is 1.50. The summed E-state index contributed by atoms with van der Waals surface area (Å²) in [6.45, 7) is 5.54. The molecule has 0 aliphatic rings. The van der Waals surface area contributed by atoms with Crippen LogP contribution in [0.4, 0.5) is 4.39 Å². The van der Waals surface area contributed by atoms with Crippen molar-refractivity contribution in [2.45, 2.75) is 10.8 Å². The number of benzene rings is 1. The highest BCUT2D eigenvalue weighted by molar-refractivity contribution is 14.1. The van der Waals surface area contributed by atoms with E-state index >= 15 is 0 Å². The molecule has 0 spiro atoms. The predicted octanol–water partition coefficient (Wildman–Crippen LogP) is 3.96. The third kappa shape index (κ3) is 2.06. The van der Waals surface area contributed by atoms with Crippen molar-refractivity contribution >= 4 is 28.7 Å². The smallest absolute Gasteiger partial charge is 0.128 e. The van der Waals surface area contributed by atoms with Gasteiger partial charge in [-0.05, 0) is 18.6 Å². The van der Waals surface area contributed by atoms with E-state index in [0.717, 1.165) is 11.1 Å². The number of hydrogen-bond donors (Lipinski definition) is 0. The Labute approximate surface area is 85.6 Å². The Balaban J connectivity index is 3.11. The maximum atomic E-state index is 13.2. The molecule has 0 fully saturated rings. The van der Waals surface area contributed by atoms with Gasteiger partial charge in [0.1, 0.15) is 5.82 Å². The second kappa shape index (κ2) is 4.03.